The van der Waals surface area contributed by atoms with Crippen LogP contribution in [-0.2, 0) is 4.79 Å². The van der Waals surface area contributed by atoms with Crippen molar-refractivity contribution < 1.29 is 4.79 Å². The molecule has 1 aromatic heterocycles. The van der Waals surface area contributed by atoms with Crippen LogP contribution in [0.25, 0.3) is 0 Å². The summed E-state index contributed by atoms with van der Waals surface area (Å²) in [6.45, 7) is 4.87. The summed E-state index contributed by atoms with van der Waals surface area (Å²) in [7, 11) is 1.89. The Balaban J connectivity index is 1.95. The first-order valence-electron chi connectivity index (χ1n) is 7.23. The molecule has 0 atom stereocenters. The number of aryl methyl sites for hydroxylation is 2. The lowest BCUT2D eigenvalue weighted by molar-refractivity contribution is -0.116. The third kappa shape index (κ3) is 5.12. The normalized spacial score (nSPS) is 10.7. The highest BCUT2D eigenvalue weighted by Crippen LogP contribution is 2.32. The summed E-state index contributed by atoms with van der Waals surface area (Å²) in [5.74, 6) is 0.0642. The van der Waals surface area contributed by atoms with Crippen molar-refractivity contribution in [3.05, 3.63) is 34.8 Å². The second-order valence-electron chi connectivity index (χ2n) is 5.09. The standard InChI is InChI=1S/C16H21N3OS2/c1-11-9-13(22-16-18-12(2)10-21-16)6-7-14(11)19-15(20)5-4-8-17-3/h6-7,9-10,17H,4-5,8H2,1-3H3,(H,19,20). The molecule has 0 spiro atoms. The fraction of sp³-hybridized carbons (Fsp3) is 0.375. The lowest BCUT2D eigenvalue weighted by atomic mass is 10.2. The maximum absolute atomic E-state index is 11.9. The van der Waals surface area contributed by atoms with Crippen LogP contribution in [0.2, 0.25) is 0 Å². The molecule has 6 heteroatoms. The van der Waals surface area contributed by atoms with Gasteiger partial charge in [0.15, 0.2) is 4.34 Å². The molecule has 2 N–H and O–H groups in total. The summed E-state index contributed by atoms with van der Waals surface area (Å²) in [6.07, 6.45) is 1.38. The number of rotatable bonds is 7. The second-order valence-corrected chi connectivity index (χ2v) is 7.27. The smallest absolute Gasteiger partial charge is 0.224 e. The molecule has 4 nitrogen and oxygen atoms in total. The van der Waals surface area contributed by atoms with Gasteiger partial charge in [-0.1, -0.05) is 11.8 Å². The Hall–Kier alpha value is -1.37. The van der Waals surface area contributed by atoms with Gasteiger partial charge in [0, 0.05) is 28.1 Å². The van der Waals surface area contributed by atoms with Gasteiger partial charge in [-0.05, 0) is 57.6 Å². The molecule has 0 aliphatic rings. The Labute approximate surface area is 139 Å². The predicted octanol–water partition coefficient (Wildman–Crippen LogP) is 3.85. The van der Waals surface area contributed by atoms with E-state index in [2.05, 4.69) is 27.1 Å². The van der Waals surface area contributed by atoms with E-state index in [4.69, 9.17) is 0 Å². The molecule has 1 heterocycles. The van der Waals surface area contributed by atoms with E-state index in [1.54, 1.807) is 23.1 Å². The number of nitrogens with one attached hydrogen (secondary N) is 2. The molecule has 0 saturated heterocycles. The van der Waals surface area contributed by atoms with Gasteiger partial charge < -0.3 is 10.6 Å². The first-order valence-corrected chi connectivity index (χ1v) is 8.93. The largest absolute Gasteiger partial charge is 0.326 e. The second kappa shape index (κ2) is 8.31. The van der Waals surface area contributed by atoms with Crippen LogP contribution in [0.3, 0.4) is 0 Å². The summed E-state index contributed by atoms with van der Waals surface area (Å²) in [6, 6.07) is 6.08. The van der Waals surface area contributed by atoms with Gasteiger partial charge in [-0.3, -0.25) is 4.79 Å². The number of nitrogens with zero attached hydrogens (tertiary/aromatic N) is 1. The van der Waals surface area contributed by atoms with Crippen LogP contribution in [0.1, 0.15) is 24.1 Å². The van der Waals surface area contributed by atoms with Crippen LogP contribution in [0.15, 0.2) is 32.8 Å². The summed E-state index contributed by atoms with van der Waals surface area (Å²) in [5.41, 5.74) is 3.00. The van der Waals surface area contributed by atoms with Crippen molar-refractivity contribution in [1.29, 1.82) is 0 Å². The number of benzene rings is 1. The van der Waals surface area contributed by atoms with Crippen LogP contribution >= 0.6 is 23.1 Å². The molecular weight excluding hydrogens is 314 g/mol. The highest BCUT2D eigenvalue weighted by Gasteiger charge is 2.07. The average molecular weight is 335 g/mol. The Morgan fingerprint density at radius 3 is 2.82 bits per heavy atom. The van der Waals surface area contributed by atoms with Crippen LogP contribution in [-0.4, -0.2) is 24.5 Å². The zero-order valence-electron chi connectivity index (χ0n) is 13.1. The number of amides is 1. The molecule has 118 valence electrons. The van der Waals surface area contributed by atoms with Gasteiger partial charge in [-0.15, -0.1) is 11.3 Å². The third-order valence-electron chi connectivity index (χ3n) is 3.11. The van der Waals surface area contributed by atoms with Crippen LogP contribution in [0.4, 0.5) is 5.69 Å². The minimum absolute atomic E-state index is 0.0642. The lowest BCUT2D eigenvalue weighted by Crippen LogP contribution is -2.15. The number of hydrogen-bond donors (Lipinski definition) is 2. The lowest BCUT2D eigenvalue weighted by Gasteiger charge is -2.09. The van der Waals surface area contributed by atoms with Crippen LogP contribution < -0.4 is 10.6 Å². The van der Waals surface area contributed by atoms with E-state index < -0.39 is 0 Å². The van der Waals surface area contributed by atoms with Crippen molar-refractivity contribution >= 4 is 34.7 Å². The first-order chi connectivity index (χ1) is 10.6. The van der Waals surface area contributed by atoms with E-state index in [0.29, 0.717) is 6.42 Å². The Morgan fingerprint density at radius 2 is 2.18 bits per heavy atom. The quantitative estimate of drug-likeness (QED) is 0.755. The van der Waals surface area contributed by atoms with Crippen molar-refractivity contribution in [3.8, 4) is 0 Å². The van der Waals surface area contributed by atoms with E-state index >= 15 is 0 Å². The van der Waals surface area contributed by atoms with Gasteiger partial charge in [0.2, 0.25) is 5.91 Å². The fourth-order valence-electron chi connectivity index (χ4n) is 1.96. The molecule has 0 fully saturated rings. The zero-order valence-corrected chi connectivity index (χ0v) is 14.7. The van der Waals surface area contributed by atoms with Crippen molar-refractivity contribution in [2.45, 2.75) is 35.9 Å². The highest BCUT2D eigenvalue weighted by atomic mass is 32.2. The number of aromatic nitrogens is 1. The molecule has 0 unspecified atom stereocenters. The van der Waals surface area contributed by atoms with Gasteiger partial charge in [0.05, 0.1) is 0 Å². The van der Waals surface area contributed by atoms with E-state index in [1.807, 2.05) is 33.0 Å². The molecule has 1 amide bonds. The van der Waals surface area contributed by atoms with Crippen molar-refractivity contribution in [1.82, 2.24) is 10.3 Å². The topological polar surface area (TPSA) is 54.0 Å². The minimum Gasteiger partial charge on any atom is -0.326 e. The van der Waals surface area contributed by atoms with E-state index in [-0.39, 0.29) is 5.91 Å². The average Bonchev–Trinajstić information content (AvgIpc) is 2.87. The fourth-order valence-corrected chi connectivity index (χ4v) is 3.87. The molecule has 1 aromatic carbocycles. The molecule has 0 saturated carbocycles. The van der Waals surface area contributed by atoms with E-state index in [1.165, 1.54) is 0 Å². The Kier molecular flexibility index (Phi) is 6.42. The summed E-state index contributed by atoms with van der Waals surface area (Å²) in [4.78, 5) is 17.5. The highest BCUT2D eigenvalue weighted by molar-refractivity contribution is 8.01. The molecule has 0 radical (unpaired) electrons. The predicted molar refractivity (Wildman–Crippen MR) is 93.9 cm³/mol. The number of anilines is 1. The molecule has 2 aromatic rings. The summed E-state index contributed by atoms with van der Waals surface area (Å²) < 4.78 is 1.04. The maximum Gasteiger partial charge on any atom is 0.224 e. The van der Waals surface area contributed by atoms with Gasteiger partial charge in [0.25, 0.3) is 0 Å². The van der Waals surface area contributed by atoms with E-state index in [0.717, 1.165) is 39.1 Å². The van der Waals surface area contributed by atoms with Gasteiger partial charge in [-0.2, -0.15) is 0 Å². The molecule has 2 rings (SSSR count). The number of carbonyl (C=O) groups excluding carboxylic acids is 1. The summed E-state index contributed by atoms with van der Waals surface area (Å²) in [5, 5.41) is 8.07. The molecule has 22 heavy (non-hydrogen) atoms. The minimum atomic E-state index is 0.0642. The zero-order chi connectivity index (χ0) is 15.9. The molecule has 0 aliphatic carbocycles. The maximum atomic E-state index is 11.9. The summed E-state index contributed by atoms with van der Waals surface area (Å²) >= 11 is 3.31. The third-order valence-corrected chi connectivity index (χ3v) is 5.15. The molecule has 0 aliphatic heterocycles. The monoisotopic (exact) mass is 335 g/mol. The van der Waals surface area contributed by atoms with Gasteiger partial charge >= 0.3 is 0 Å². The van der Waals surface area contributed by atoms with Gasteiger partial charge in [0.1, 0.15) is 0 Å². The molecule has 0 bridgehead atoms. The van der Waals surface area contributed by atoms with Crippen molar-refractivity contribution in [2.75, 3.05) is 18.9 Å². The number of thiazole rings is 1. The Morgan fingerprint density at radius 1 is 1.36 bits per heavy atom. The number of carbonyl (C=O) groups is 1. The van der Waals surface area contributed by atoms with Crippen molar-refractivity contribution in [2.24, 2.45) is 0 Å². The Bertz CT molecular complexity index is 640. The SMILES string of the molecule is CNCCCC(=O)Nc1ccc(Sc2nc(C)cs2)cc1C. The first kappa shape index (κ1) is 17.0. The van der Waals surface area contributed by atoms with Crippen LogP contribution in [0.5, 0.6) is 0 Å². The van der Waals surface area contributed by atoms with Crippen molar-refractivity contribution in [3.63, 3.8) is 0 Å². The number of hydrogen-bond acceptors (Lipinski definition) is 5. The van der Waals surface area contributed by atoms with Crippen LogP contribution in [0, 0.1) is 13.8 Å². The van der Waals surface area contributed by atoms with E-state index in [9.17, 15) is 4.79 Å². The molecular formula is C16H21N3OS2. The van der Waals surface area contributed by atoms with Gasteiger partial charge in [-0.25, -0.2) is 4.98 Å².